The van der Waals surface area contributed by atoms with Gasteiger partial charge in [0.2, 0.25) is 0 Å². The third-order valence-electron chi connectivity index (χ3n) is 4.62. The molecule has 4 heterocycles. The van der Waals surface area contributed by atoms with Crippen LogP contribution in [0.4, 0.5) is 5.69 Å². The molecule has 3 saturated heterocycles. The molecule has 0 amide bonds. The van der Waals surface area contributed by atoms with Crippen molar-refractivity contribution < 1.29 is 0 Å². The second-order valence-electron chi connectivity index (χ2n) is 5.80. The molecular weight excluding hydrogens is 270 g/mol. The van der Waals surface area contributed by atoms with Crippen LogP contribution in [0.5, 0.6) is 0 Å². The minimum atomic E-state index is 0.673. The highest BCUT2D eigenvalue weighted by Gasteiger charge is 2.29. The molecule has 1 aromatic carbocycles. The minimum absolute atomic E-state index is 0.673. The predicted molar refractivity (Wildman–Crippen MR) is 83.6 cm³/mol. The Bertz CT molecular complexity index is 635. The van der Waals surface area contributed by atoms with Crippen LogP contribution in [0.1, 0.15) is 12.8 Å². The van der Waals surface area contributed by atoms with Gasteiger partial charge in [0.25, 0.3) is 0 Å². The summed E-state index contributed by atoms with van der Waals surface area (Å²) in [6.07, 6.45) is 4.56. The van der Waals surface area contributed by atoms with Crippen LogP contribution >= 0.6 is 11.6 Å². The van der Waals surface area contributed by atoms with Crippen molar-refractivity contribution >= 4 is 28.2 Å². The van der Waals surface area contributed by atoms with Gasteiger partial charge in [-0.25, -0.2) is 0 Å². The maximum Gasteiger partial charge on any atom is 0.0704 e. The predicted octanol–water partition coefficient (Wildman–Crippen LogP) is 3.17. The normalized spacial score (nSPS) is 25.9. The molecule has 104 valence electrons. The van der Waals surface area contributed by atoms with Gasteiger partial charge in [-0.05, 0) is 37.1 Å². The molecule has 3 aliphatic heterocycles. The molecule has 5 rings (SSSR count). The van der Waals surface area contributed by atoms with E-state index in [9.17, 15) is 0 Å². The van der Waals surface area contributed by atoms with Gasteiger partial charge < -0.3 is 9.80 Å². The number of piperidine rings is 1. The zero-order chi connectivity index (χ0) is 13.5. The van der Waals surface area contributed by atoms with Crippen molar-refractivity contribution in [2.45, 2.75) is 18.9 Å². The largest absolute Gasteiger partial charge is 0.366 e. The van der Waals surface area contributed by atoms with Crippen LogP contribution < -0.4 is 4.90 Å². The molecule has 2 bridgehead atoms. The van der Waals surface area contributed by atoms with Gasteiger partial charge in [0.05, 0.1) is 17.4 Å². The Kier molecular flexibility index (Phi) is 3.04. The SMILES string of the molecule is Clc1ccc2ncc(N3CCN4CCC3CC4)cc2c1. The lowest BCUT2D eigenvalue weighted by atomic mass is 10.0. The zero-order valence-corrected chi connectivity index (χ0v) is 12.2. The smallest absolute Gasteiger partial charge is 0.0704 e. The lowest BCUT2D eigenvalue weighted by Gasteiger charge is -2.32. The Balaban J connectivity index is 1.73. The summed E-state index contributed by atoms with van der Waals surface area (Å²) in [4.78, 5) is 9.71. The molecule has 0 spiro atoms. The molecule has 4 heteroatoms. The number of pyridine rings is 1. The van der Waals surface area contributed by atoms with Crippen LogP contribution in [0.25, 0.3) is 10.9 Å². The van der Waals surface area contributed by atoms with Crippen LogP contribution in [0.15, 0.2) is 30.5 Å². The molecule has 0 radical (unpaired) electrons. The Hall–Kier alpha value is -1.32. The van der Waals surface area contributed by atoms with Crippen molar-refractivity contribution in [2.24, 2.45) is 0 Å². The van der Waals surface area contributed by atoms with Crippen molar-refractivity contribution in [2.75, 3.05) is 31.1 Å². The molecule has 0 atom stereocenters. The molecule has 3 fully saturated rings. The van der Waals surface area contributed by atoms with Crippen molar-refractivity contribution in [1.29, 1.82) is 0 Å². The number of benzene rings is 1. The Labute approximate surface area is 124 Å². The first kappa shape index (κ1) is 12.4. The van der Waals surface area contributed by atoms with Crippen LogP contribution in [-0.2, 0) is 0 Å². The number of hydrogen-bond donors (Lipinski definition) is 0. The molecule has 0 unspecified atom stereocenters. The molecule has 2 aromatic rings. The van der Waals surface area contributed by atoms with Gasteiger partial charge in [-0.1, -0.05) is 11.6 Å². The number of halogens is 1. The van der Waals surface area contributed by atoms with E-state index in [1.165, 1.54) is 38.2 Å². The standard InChI is InChI=1S/C16H18ClN3/c17-13-1-2-16-12(9-13)10-15(11-18-16)20-8-7-19-5-3-14(20)4-6-19/h1-2,9-11,14H,3-8H2. The first-order chi connectivity index (χ1) is 9.79. The van der Waals surface area contributed by atoms with Gasteiger partial charge in [0.15, 0.2) is 0 Å². The second kappa shape index (κ2) is 4.90. The van der Waals surface area contributed by atoms with E-state index in [0.717, 1.165) is 22.5 Å². The monoisotopic (exact) mass is 287 g/mol. The van der Waals surface area contributed by atoms with E-state index in [2.05, 4.69) is 20.9 Å². The zero-order valence-electron chi connectivity index (χ0n) is 11.4. The van der Waals surface area contributed by atoms with Crippen LogP contribution in [0.2, 0.25) is 5.02 Å². The lowest BCUT2D eigenvalue weighted by molar-refractivity contribution is 0.250. The molecule has 0 saturated carbocycles. The third kappa shape index (κ3) is 2.15. The fourth-order valence-corrected chi connectivity index (χ4v) is 3.65. The molecule has 3 nitrogen and oxygen atoms in total. The Morgan fingerprint density at radius 2 is 1.90 bits per heavy atom. The van der Waals surface area contributed by atoms with Gasteiger partial charge in [-0.3, -0.25) is 4.98 Å². The van der Waals surface area contributed by atoms with Crippen molar-refractivity contribution in [3.05, 3.63) is 35.5 Å². The summed E-state index contributed by atoms with van der Waals surface area (Å²) >= 11 is 6.10. The highest BCUT2D eigenvalue weighted by Crippen LogP contribution is 2.29. The van der Waals surface area contributed by atoms with E-state index in [4.69, 9.17) is 11.6 Å². The van der Waals surface area contributed by atoms with E-state index in [1.54, 1.807) is 0 Å². The van der Waals surface area contributed by atoms with E-state index in [1.807, 2.05) is 24.4 Å². The quantitative estimate of drug-likeness (QED) is 0.803. The molecule has 1 aromatic heterocycles. The summed E-state index contributed by atoms with van der Waals surface area (Å²) in [6, 6.07) is 8.81. The van der Waals surface area contributed by atoms with Crippen LogP contribution in [0, 0.1) is 0 Å². The van der Waals surface area contributed by atoms with E-state index >= 15 is 0 Å². The van der Waals surface area contributed by atoms with Crippen LogP contribution in [0.3, 0.4) is 0 Å². The first-order valence-corrected chi connectivity index (χ1v) is 7.72. The number of aromatic nitrogens is 1. The molecule has 3 aliphatic rings. The lowest BCUT2D eigenvalue weighted by Crippen LogP contribution is -2.37. The summed E-state index contributed by atoms with van der Waals surface area (Å²) in [5, 5.41) is 1.91. The van der Waals surface area contributed by atoms with Gasteiger partial charge >= 0.3 is 0 Å². The third-order valence-corrected chi connectivity index (χ3v) is 4.85. The van der Waals surface area contributed by atoms with Crippen molar-refractivity contribution in [3.63, 3.8) is 0 Å². The highest BCUT2D eigenvalue weighted by molar-refractivity contribution is 6.31. The average molecular weight is 288 g/mol. The van der Waals surface area contributed by atoms with Gasteiger partial charge in [-0.2, -0.15) is 0 Å². The maximum atomic E-state index is 6.10. The summed E-state index contributed by atoms with van der Waals surface area (Å²) in [5.41, 5.74) is 2.26. The van der Waals surface area contributed by atoms with Gasteiger partial charge in [0.1, 0.15) is 0 Å². The average Bonchev–Trinajstić information content (AvgIpc) is 2.80. The topological polar surface area (TPSA) is 19.4 Å². The van der Waals surface area contributed by atoms with E-state index in [0.29, 0.717) is 6.04 Å². The molecule has 20 heavy (non-hydrogen) atoms. The summed E-state index contributed by atoms with van der Waals surface area (Å²) < 4.78 is 0. The first-order valence-electron chi connectivity index (χ1n) is 7.34. The van der Waals surface area contributed by atoms with Gasteiger partial charge in [0, 0.05) is 42.6 Å². The Morgan fingerprint density at radius 3 is 2.75 bits per heavy atom. The maximum absolute atomic E-state index is 6.10. The number of anilines is 1. The number of rotatable bonds is 1. The summed E-state index contributed by atoms with van der Waals surface area (Å²) in [6.45, 7) is 4.77. The van der Waals surface area contributed by atoms with E-state index < -0.39 is 0 Å². The number of fused-ring (bicyclic) bond motifs is 5. The van der Waals surface area contributed by atoms with E-state index in [-0.39, 0.29) is 0 Å². The summed E-state index contributed by atoms with van der Waals surface area (Å²) in [5.74, 6) is 0. The molecule has 0 N–H and O–H groups in total. The fourth-order valence-electron chi connectivity index (χ4n) is 3.47. The molecule has 0 aliphatic carbocycles. The fraction of sp³-hybridized carbons (Fsp3) is 0.438. The summed E-state index contributed by atoms with van der Waals surface area (Å²) in [7, 11) is 0. The Morgan fingerprint density at radius 1 is 1.05 bits per heavy atom. The van der Waals surface area contributed by atoms with Gasteiger partial charge in [-0.15, -0.1) is 0 Å². The highest BCUT2D eigenvalue weighted by atomic mass is 35.5. The van der Waals surface area contributed by atoms with Crippen molar-refractivity contribution in [3.8, 4) is 0 Å². The minimum Gasteiger partial charge on any atom is -0.366 e. The van der Waals surface area contributed by atoms with Crippen molar-refractivity contribution in [1.82, 2.24) is 9.88 Å². The van der Waals surface area contributed by atoms with Crippen LogP contribution in [-0.4, -0.2) is 42.1 Å². The molecular formula is C16H18ClN3. The number of nitrogens with zero attached hydrogens (tertiary/aromatic N) is 3. The second-order valence-corrected chi connectivity index (χ2v) is 6.23. The number of hydrogen-bond acceptors (Lipinski definition) is 3.